The van der Waals surface area contributed by atoms with E-state index in [2.05, 4.69) is 20.4 Å². The van der Waals surface area contributed by atoms with E-state index >= 15 is 0 Å². The fourth-order valence-corrected chi connectivity index (χ4v) is 2.69. The maximum Gasteiger partial charge on any atom is 0.317 e. The van der Waals surface area contributed by atoms with Crippen molar-refractivity contribution in [1.29, 1.82) is 0 Å². The first kappa shape index (κ1) is 20.9. The molecule has 146 valence electrons. The van der Waals surface area contributed by atoms with Gasteiger partial charge in [0.15, 0.2) is 5.82 Å². The molecule has 0 spiro atoms. The molecule has 0 atom stereocenters. The minimum atomic E-state index is -0.478. The molecule has 1 aliphatic heterocycles. The lowest BCUT2D eigenvalue weighted by Gasteiger charge is -2.26. The Balaban J connectivity index is 0.000000198. The van der Waals surface area contributed by atoms with Crippen molar-refractivity contribution in [3.63, 3.8) is 0 Å². The predicted octanol–water partition coefficient (Wildman–Crippen LogP) is 3.72. The smallest absolute Gasteiger partial charge is 0.317 e. The molecule has 1 fully saturated rings. The number of nitrogens with zero attached hydrogens (tertiary/aromatic N) is 4. The molecular formula is C19H25ClFN5O. The van der Waals surface area contributed by atoms with E-state index in [0.717, 1.165) is 18.9 Å². The molecule has 2 amide bonds. The van der Waals surface area contributed by atoms with Gasteiger partial charge in [0.1, 0.15) is 5.82 Å². The molecule has 8 heteroatoms. The summed E-state index contributed by atoms with van der Waals surface area (Å²) in [5.41, 5.74) is 0.673. The molecule has 2 aromatic rings. The standard InChI is InChI=1S/C10H12ClFN2O.C9H13N3/c1-14(2)10(15)13-6-7-3-4-8(11)9(12)5-7;1-2-7-12(8-3-1)9-5-4-6-10-11-9/h3-5H,6H2,1-2H3,(H,13,15);4-6H,1-3,7-8H2. The Labute approximate surface area is 164 Å². The Hall–Kier alpha value is -2.41. The second kappa shape index (κ2) is 10.7. The normalized spacial score (nSPS) is 13.4. The van der Waals surface area contributed by atoms with Crippen molar-refractivity contribution in [2.45, 2.75) is 25.8 Å². The van der Waals surface area contributed by atoms with E-state index in [1.165, 1.54) is 36.3 Å². The number of nitrogens with one attached hydrogen (secondary N) is 1. The molecule has 0 bridgehead atoms. The van der Waals surface area contributed by atoms with Crippen molar-refractivity contribution in [2.75, 3.05) is 32.1 Å². The van der Waals surface area contributed by atoms with E-state index in [0.29, 0.717) is 5.56 Å². The van der Waals surface area contributed by atoms with Gasteiger partial charge in [-0.15, -0.1) is 5.10 Å². The van der Waals surface area contributed by atoms with Gasteiger partial charge in [0.25, 0.3) is 0 Å². The number of urea groups is 1. The lowest BCUT2D eigenvalue weighted by Crippen LogP contribution is -2.33. The van der Waals surface area contributed by atoms with Gasteiger partial charge in [-0.1, -0.05) is 17.7 Å². The van der Waals surface area contributed by atoms with Crippen molar-refractivity contribution in [2.24, 2.45) is 0 Å². The van der Waals surface area contributed by atoms with E-state index in [1.54, 1.807) is 26.4 Å². The van der Waals surface area contributed by atoms with E-state index < -0.39 is 5.82 Å². The van der Waals surface area contributed by atoms with Crippen LogP contribution in [0.15, 0.2) is 36.5 Å². The Kier molecular flexibility index (Phi) is 8.26. The van der Waals surface area contributed by atoms with Crippen molar-refractivity contribution < 1.29 is 9.18 Å². The van der Waals surface area contributed by atoms with Crippen LogP contribution in [-0.2, 0) is 6.54 Å². The fraction of sp³-hybridized carbons (Fsp3) is 0.421. The first-order chi connectivity index (χ1) is 13.0. The maximum absolute atomic E-state index is 13.0. The van der Waals surface area contributed by atoms with Crippen LogP contribution >= 0.6 is 11.6 Å². The fourth-order valence-electron chi connectivity index (χ4n) is 2.57. The van der Waals surface area contributed by atoms with Gasteiger partial charge < -0.3 is 15.1 Å². The topological polar surface area (TPSA) is 61.4 Å². The van der Waals surface area contributed by atoms with E-state index in [-0.39, 0.29) is 17.6 Å². The number of hydrogen-bond donors (Lipinski definition) is 1. The van der Waals surface area contributed by atoms with Crippen LogP contribution in [0.1, 0.15) is 24.8 Å². The summed E-state index contributed by atoms with van der Waals surface area (Å²) < 4.78 is 13.0. The van der Waals surface area contributed by atoms with Crippen molar-refractivity contribution >= 4 is 23.4 Å². The Bertz CT molecular complexity index is 723. The monoisotopic (exact) mass is 393 g/mol. The lowest BCUT2D eigenvalue weighted by atomic mass is 10.1. The molecule has 0 saturated carbocycles. The van der Waals surface area contributed by atoms with Crippen LogP contribution in [0.5, 0.6) is 0 Å². The molecule has 1 aliphatic rings. The molecule has 0 aliphatic carbocycles. The zero-order valence-electron chi connectivity index (χ0n) is 15.7. The number of anilines is 1. The minimum Gasteiger partial charge on any atom is -0.355 e. The average Bonchev–Trinajstić information content (AvgIpc) is 2.70. The highest BCUT2D eigenvalue weighted by Gasteiger charge is 2.11. The van der Waals surface area contributed by atoms with Crippen molar-refractivity contribution in [3.05, 3.63) is 52.9 Å². The summed E-state index contributed by atoms with van der Waals surface area (Å²) in [6, 6.07) is 8.19. The number of carbonyl (C=O) groups is 1. The average molecular weight is 394 g/mol. The van der Waals surface area contributed by atoms with Crippen molar-refractivity contribution in [3.8, 4) is 0 Å². The van der Waals surface area contributed by atoms with Gasteiger partial charge >= 0.3 is 6.03 Å². The number of carbonyl (C=O) groups excluding carboxylic acids is 1. The second-order valence-electron chi connectivity index (χ2n) is 6.43. The molecular weight excluding hydrogens is 369 g/mol. The third-order valence-electron chi connectivity index (χ3n) is 4.07. The van der Waals surface area contributed by atoms with Crippen LogP contribution in [0.25, 0.3) is 0 Å². The molecule has 2 heterocycles. The van der Waals surface area contributed by atoms with Gasteiger partial charge in [-0.25, -0.2) is 9.18 Å². The quantitative estimate of drug-likeness (QED) is 0.863. The van der Waals surface area contributed by atoms with Crippen LogP contribution in [0.2, 0.25) is 5.02 Å². The molecule has 1 aromatic heterocycles. The molecule has 1 saturated heterocycles. The summed E-state index contributed by atoms with van der Waals surface area (Å²) >= 11 is 5.52. The largest absolute Gasteiger partial charge is 0.355 e. The molecule has 0 radical (unpaired) electrons. The van der Waals surface area contributed by atoms with Gasteiger partial charge in [-0.2, -0.15) is 5.10 Å². The molecule has 1 N–H and O–H groups in total. The molecule has 0 unspecified atom stereocenters. The third-order valence-corrected chi connectivity index (χ3v) is 4.38. The summed E-state index contributed by atoms with van der Waals surface area (Å²) in [4.78, 5) is 14.9. The number of piperidine rings is 1. The zero-order valence-corrected chi connectivity index (χ0v) is 16.4. The van der Waals surface area contributed by atoms with Gasteiger partial charge in [-0.3, -0.25) is 0 Å². The Morgan fingerprint density at radius 3 is 2.59 bits per heavy atom. The number of aromatic nitrogens is 2. The number of halogens is 2. The maximum atomic E-state index is 13.0. The summed E-state index contributed by atoms with van der Waals surface area (Å²) in [5, 5.41) is 10.7. The van der Waals surface area contributed by atoms with Crippen LogP contribution in [0, 0.1) is 5.82 Å². The molecule has 27 heavy (non-hydrogen) atoms. The van der Waals surface area contributed by atoms with Gasteiger partial charge in [0, 0.05) is 39.9 Å². The Morgan fingerprint density at radius 1 is 1.26 bits per heavy atom. The van der Waals surface area contributed by atoms with E-state index in [1.807, 2.05) is 12.1 Å². The number of hydrogen-bond acceptors (Lipinski definition) is 4. The van der Waals surface area contributed by atoms with Crippen molar-refractivity contribution in [1.82, 2.24) is 20.4 Å². The van der Waals surface area contributed by atoms with Gasteiger partial charge in [-0.05, 0) is 49.1 Å². The highest BCUT2D eigenvalue weighted by Crippen LogP contribution is 2.16. The molecule has 1 aromatic carbocycles. The highest BCUT2D eigenvalue weighted by atomic mass is 35.5. The minimum absolute atomic E-state index is 0.0812. The van der Waals surface area contributed by atoms with Crippen LogP contribution in [0.3, 0.4) is 0 Å². The number of benzene rings is 1. The summed E-state index contributed by atoms with van der Waals surface area (Å²) in [6.07, 6.45) is 5.65. The number of amides is 2. The molecule has 6 nitrogen and oxygen atoms in total. The highest BCUT2D eigenvalue weighted by molar-refractivity contribution is 6.30. The predicted molar refractivity (Wildman–Crippen MR) is 105 cm³/mol. The summed E-state index contributed by atoms with van der Waals surface area (Å²) in [7, 11) is 3.27. The van der Waals surface area contributed by atoms with Crippen LogP contribution in [-0.4, -0.2) is 48.3 Å². The summed E-state index contributed by atoms with van der Waals surface area (Å²) in [5.74, 6) is 0.547. The number of rotatable bonds is 3. The first-order valence-electron chi connectivity index (χ1n) is 8.89. The SMILES string of the molecule is CN(C)C(=O)NCc1ccc(Cl)c(F)c1.c1cnnc(N2CCCCC2)c1. The van der Waals surface area contributed by atoms with E-state index in [9.17, 15) is 9.18 Å². The second-order valence-corrected chi connectivity index (χ2v) is 6.84. The van der Waals surface area contributed by atoms with Gasteiger partial charge in [0.05, 0.1) is 5.02 Å². The zero-order chi connectivity index (χ0) is 19.6. The van der Waals surface area contributed by atoms with Crippen LogP contribution in [0.4, 0.5) is 15.0 Å². The lowest BCUT2D eigenvalue weighted by molar-refractivity contribution is 0.217. The first-order valence-corrected chi connectivity index (χ1v) is 9.27. The molecule has 3 rings (SSSR count). The van der Waals surface area contributed by atoms with E-state index in [4.69, 9.17) is 11.6 Å². The van der Waals surface area contributed by atoms with Crippen LogP contribution < -0.4 is 10.2 Å². The Morgan fingerprint density at radius 2 is 2.00 bits per heavy atom. The third kappa shape index (κ3) is 7.02. The summed E-state index contributed by atoms with van der Waals surface area (Å²) in [6.45, 7) is 2.56. The van der Waals surface area contributed by atoms with Gasteiger partial charge in [0.2, 0.25) is 0 Å².